The summed E-state index contributed by atoms with van der Waals surface area (Å²) in [6, 6.07) is 8.59. The Bertz CT molecular complexity index is 485. The molecule has 2 aliphatic rings. The van der Waals surface area contributed by atoms with Crippen LogP contribution in [0.5, 0.6) is 0 Å². The van der Waals surface area contributed by atoms with Crippen LogP contribution in [0, 0.1) is 0 Å². The first kappa shape index (κ1) is 12.5. The third kappa shape index (κ3) is 2.32. The zero-order valence-corrected chi connectivity index (χ0v) is 11.5. The lowest BCUT2D eigenvalue weighted by molar-refractivity contribution is -0.135. The molecule has 0 N–H and O–H groups in total. The number of hydrogen-bond donors (Lipinski definition) is 0. The quantitative estimate of drug-likeness (QED) is 0.758. The Balaban J connectivity index is 1.93. The molecule has 4 heteroatoms. The van der Waals surface area contributed by atoms with Crippen LogP contribution in [0.4, 0.5) is 5.69 Å². The highest BCUT2D eigenvalue weighted by molar-refractivity contribution is 5.83. The normalized spacial score (nSPS) is 25.8. The summed E-state index contributed by atoms with van der Waals surface area (Å²) in [4.78, 5) is 16.6. The monoisotopic (exact) mass is 260 g/mol. The summed E-state index contributed by atoms with van der Waals surface area (Å²) in [5.74, 6) is 0.150. The van der Waals surface area contributed by atoms with Crippen LogP contribution in [0.25, 0.3) is 0 Å². The Kier molecular flexibility index (Phi) is 3.19. The third-order valence-corrected chi connectivity index (χ3v) is 4.03. The molecule has 4 nitrogen and oxygen atoms in total. The average Bonchev–Trinajstić information content (AvgIpc) is 3.26. The van der Waals surface area contributed by atoms with Crippen LogP contribution in [0.15, 0.2) is 24.3 Å². The maximum atomic E-state index is 12.4. The maximum Gasteiger partial charge on any atom is 0.254 e. The molecule has 1 aromatic rings. The van der Waals surface area contributed by atoms with Gasteiger partial charge in [0.1, 0.15) is 0 Å². The molecule has 1 fully saturated rings. The molecule has 0 aromatic heterocycles. The number of likely N-dealkylation sites (N-methyl/N-ethyl adjacent to an activating group) is 1. The van der Waals surface area contributed by atoms with Crippen molar-refractivity contribution in [3.8, 4) is 0 Å². The molecule has 102 valence electrons. The molecule has 2 atom stereocenters. The highest BCUT2D eigenvalue weighted by atomic mass is 16.6. The van der Waals surface area contributed by atoms with E-state index in [0.29, 0.717) is 13.2 Å². The number of amides is 1. The number of rotatable bonds is 2. The number of ether oxygens (including phenoxy) is 1. The Hall–Kier alpha value is -1.55. The third-order valence-electron chi connectivity index (χ3n) is 4.03. The smallest absolute Gasteiger partial charge is 0.254 e. The van der Waals surface area contributed by atoms with Crippen molar-refractivity contribution >= 4 is 11.6 Å². The predicted molar refractivity (Wildman–Crippen MR) is 74.1 cm³/mol. The SMILES string of the molecule is CCC1CN(C)c2ccccc2CN1C(=O)C1CO1. The molecule has 3 rings (SSSR count). The lowest BCUT2D eigenvalue weighted by Gasteiger charge is -2.30. The molecule has 0 radical (unpaired) electrons. The predicted octanol–water partition coefficient (Wildman–Crippen LogP) is 1.64. The second-order valence-corrected chi connectivity index (χ2v) is 5.36. The standard InChI is InChI=1S/C15H20N2O2/c1-3-12-9-16(2)13-7-5-4-6-11(13)8-17(12)15(18)14-10-19-14/h4-7,12,14H,3,8-10H2,1-2H3. The largest absolute Gasteiger partial charge is 0.372 e. The zero-order chi connectivity index (χ0) is 13.4. The van der Waals surface area contributed by atoms with Crippen LogP contribution >= 0.6 is 0 Å². The number of carbonyl (C=O) groups is 1. The molecule has 0 bridgehead atoms. The van der Waals surface area contributed by atoms with Gasteiger partial charge in [0.2, 0.25) is 0 Å². The van der Waals surface area contributed by atoms with Gasteiger partial charge in [-0.05, 0) is 18.1 Å². The van der Waals surface area contributed by atoms with E-state index in [0.717, 1.165) is 13.0 Å². The molecule has 19 heavy (non-hydrogen) atoms. The lowest BCUT2D eigenvalue weighted by atomic mass is 10.1. The summed E-state index contributed by atoms with van der Waals surface area (Å²) < 4.78 is 5.17. The van der Waals surface area contributed by atoms with Gasteiger partial charge in [-0.2, -0.15) is 0 Å². The molecule has 2 aliphatic heterocycles. The van der Waals surface area contributed by atoms with Gasteiger partial charge in [-0.25, -0.2) is 0 Å². The van der Waals surface area contributed by atoms with Crippen molar-refractivity contribution in [2.45, 2.75) is 32.0 Å². The highest BCUT2D eigenvalue weighted by Crippen LogP contribution is 2.28. The van der Waals surface area contributed by atoms with Gasteiger partial charge < -0.3 is 14.5 Å². The van der Waals surface area contributed by atoms with Gasteiger partial charge in [-0.3, -0.25) is 4.79 Å². The molecule has 0 saturated carbocycles. The van der Waals surface area contributed by atoms with Crippen LogP contribution in [-0.4, -0.2) is 43.2 Å². The molecule has 0 aliphatic carbocycles. The summed E-state index contributed by atoms with van der Waals surface area (Å²) in [6.07, 6.45) is 0.779. The second kappa shape index (κ2) is 4.85. The van der Waals surface area contributed by atoms with Gasteiger partial charge in [0.15, 0.2) is 6.10 Å². The van der Waals surface area contributed by atoms with E-state index in [1.54, 1.807) is 0 Å². The van der Waals surface area contributed by atoms with E-state index in [1.165, 1.54) is 11.3 Å². The zero-order valence-electron chi connectivity index (χ0n) is 11.5. The van der Waals surface area contributed by atoms with Gasteiger partial charge in [-0.15, -0.1) is 0 Å². The van der Waals surface area contributed by atoms with Crippen molar-refractivity contribution in [1.29, 1.82) is 0 Å². The minimum atomic E-state index is -0.190. The Morgan fingerprint density at radius 3 is 2.84 bits per heavy atom. The van der Waals surface area contributed by atoms with E-state index < -0.39 is 0 Å². The Morgan fingerprint density at radius 1 is 1.42 bits per heavy atom. The van der Waals surface area contributed by atoms with E-state index in [-0.39, 0.29) is 18.1 Å². The number of anilines is 1. The molecule has 1 saturated heterocycles. The van der Waals surface area contributed by atoms with Crippen LogP contribution in [0.3, 0.4) is 0 Å². The van der Waals surface area contributed by atoms with Gasteiger partial charge in [0.25, 0.3) is 5.91 Å². The molecule has 0 spiro atoms. The van der Waals surface area contributed by atoms with Gasteiger partial charge >= 0.3 is 0 Å². The molecular formula is C15H20N2O2. The molecule has 2 unspecified atom stereocenters. The van der Waals surface area contributed by atoms with Crippen molar-refractivity contribution in [2.24, 2.45) is 0 Å². The van der Waals surface area contributed by atoms with Crippen molar-refractivity contribution in [2.75, 3.05) is 25.1 Å². The van der Waals surface area contributed by atoms with Crippen LogP contribution < -0.4 is 4.90 Å². The van der Waals surface area contributed by atoms with Crippen LogP contribution in [-0.2, 0) is 16.1 Å². The van der Waals surface area contributed by atoms with Crippen molar-refractivity contribution in [1.82, 2.24) is 4.90 Å². The summed E-state index contributed by atoms with van der Waals surface area (Å²) >= 11 is 0. The fraction of sp³-hybridized carbons (Fsp3) is 0.533. The first-order chi connectivity index (χ1) is 9.20. The van der Waals surface area contributed by atoms with Gasteiger partial charge in [-0.1, -0.05) is 25.1 Å². The average molecular weight is 260 g/mol. The van der Waals surface area contributed by atoms with E-state index in [4.69, 9.17) is 4.74 Å². The first-order valence-electron chi connectivity index (χ1n) is 6.92. The maximum absolute atomic E-state index is 12.4. The minimum Gasteiger partial charge on any atom is -0.372 e. The number of nitrogens with zero attached hydrogens (tertiary/aromatic N) is 2. The van der Waals surface area contributed by atoms with Crippen LogP contribution in [0.2, 0.25) is 0 Å². The fourth-order valence-corrected chi connectivity index (χ4v) is 2.83. The first-order valence-corrected chi connectivity index (χ1v) is 6.92. The summed E-state index contributed by atoms with van der Waals surface area (Å²) in [5.41, 5.74) is 2.45. The van der Waals surface area contributed by atoms with Gasteiger partial charge in [0, 0.05) is 31.9 Å². The fourth-order valence-electron chi connectivity index (χ4n) is 2.83. The Labute approximate surface area is 113 Å². The number of carbonyl (C=O) groups excluding carboxylic acids is 1. The number of fused-ring (bicyclic) bond motifs is 1. The molecule has 1 amide bonds. The van der Waals surface area contributed by atoms with Crippen molar-refractivity contribution in [3.63, 3.8) is 0 Å². The summed E-state index contributed by atoms with van der Waals surface area (Å²) in [7, 11) is 2.10. The number of para-hydroxylation sites is 1. The number of epoxide rings is 1. The number of hydrogen-bond acceptors (Lipinski definition) is 3. The van der Waals surface area contributed by atoms with Gasteiger partial charge in [0.05, 0.1) is 6.61 Å². The molecule has 2 heterocycles. The topological polar surface area (TPSA) is 36.1 Å². The van der Waals surface area contributed by atoms with E-state index in [2.05, 4.69) is 37.1 Å². The van der Waals surface area contributed by atoms with Crippen LogP contribution in [0.1, 0.15) is 18.9 Å². The van der Waals surface area contributed by atoms with E-state index in [1.807, 2.05) is 11.0 Å². The van der Waals surface area contributed by atoms with E-state index in [9.17, 15) is 4.79 Å². The van der Waals surface area contributed by atoms with Crippen molar-refractivity contribution in [3.05, 3.63) is 29.8 Å². The minimum absolute atomic E-state index is 0.150. The summed E-state index contributed by atoms with van der Waals surface area (Å²) in [6.45, 7) is 4.30. The highest BCUT2D eigenvalue weighted by Gasteiger charge is 2.38. The Morgan fingerprint density at radius 2 is 2.16 bits per heavy atom. The lowest BCUT2D eigenvalue weighted by Crippen LogP contribution is -2.45. The number of benzene rings is 1. The molecule has 1 aromatic carbocycles. The molecular weight excluding hydrogens is 240 g/mol. The van der Waals surface area contributed by atoms with Crippen molar-refractivity contribution < 1.29 is 9.53 Å². The summed E-state index contributed by atoms with van der Waals surface area (Å²) in [5, 5.41) is 0. The van der Waals surface area contributed by atoms with E-state index >= 15 is 0 Å². The second-order valence-electron chi connectivity index (χ2n) is 5.36.